The van der Waals surface area contributed by atoms with Gasteiger partial charge in [0, 0.05) is 28.1 Å². The molecule has 0 aliphatic rings. The molecule has 0 aromatic heterocycles. The first-order valence-electron chi connectivity index (χ1n) is 9.19. The molecule has 0 spiro atoms. The number of hydrazine groups is 1. The SMILES string of the molecule is CCN(Cc1ccc(C(=O)NNC(=O)CSc2ccc(Cl)cc2)cc1)C(C)C. The van der Waals surface area contributed by atoms with Gasteiger partial charge in [-0.25, -0.2) is 0 Å². The average molecular weight is 420 g/mol. The number of amides is 2. The van der Waals surface area contributed by atoms with E-state index in [9.17, 15) is 9.59 Å². The lowest BCUT2D eigenvalue weighted by molar-refractivity contribution is -0.119. The van der Waals surface area contributed by atoms with Gasteiger partial charge in [-0.3, -0.25) is 25.3 Å². The Morgan fingerprint density at radius 3 is 2.25 bits per heavy atom. The Hall–Kier alpha value is -2.02. The zero-order valence-corrected chi connectivity index (χ0v) is 17.9. The van der Waals surface area contributed by atoms with Gasteiger partial charge in [-0.1, -0.05) is 30.7 Å². The maximum Gasteiger partial charge on any atom is 0.269 e. The van der Waals surface area contributed by atoms with Crippen LogP contribution in [-0.2, 0) is 11.3 Å². The van der Waals surface area contributed by atoms with E-state index < -0.39 is 0 Å². The zero-order valence-electron chi connectivity index (χ0n) is 16.4. The number of hydrogen-bond acceptors (Lipinski definition) is 4. The zero-order chi connectivity index (χ0) is 20.5. The fourth-order valence-corrected chi connectivity index (χ4v) is 3.39. The quantitative estimate of drug-likeness (QED) is 0.499. The van der Waals surface area contributed by atoms with Gasteiger partial charge in [0.1, 0.15) is 0 Å². The van der Waals surface area contributed by atoms with Crippen LogP contribution >= 0.6 is 23.4 Å². The highest BCUT2D eigenvalue weighted by molar-refractivity contribution is 8.00. The normalized spacial score (nSPS) is 10.9. The molecule has 2 aromatic carbocycles. The lowest BCUT2D eigenvalue weighted by Crippen LogP contribution is -2.42. The van der Waals surface area contributed by atoms with E-state index in [2.05, 4.69) is 36.5 Å². The Kier molecular flexibility index (Phi) is 8.83. The first-order valence-corrected chi connectivity index (χ1v) is 10.6. The van der Waals surface area contributed by atoms with Crippen molar-refractivity contribution in [3.05, 3.63) is 64.7 Å². The van der Waals surface area contributed by atoms with Crippen molar-refractivity contribution in [3.63, 3.8) is 0 Å². The number of rotatable bonds is 8. The number of carbonyl (C=O) groups excluding carboxylic acids is 2. The van der Waals surface area contributed by atoms with Gasteiger partial charge in [0.2, 0.25) is 5.91 Å². The molecule has 28 heavy (non-hydrogen) atoms. The van der Waals surface area contributed by atoms with Crippen LogP contribution in [-0.4, -0.2) is 35.1 Å². The minimum Gasteiger partial charge on any atom is -0.297 e. The summed E-state index contributed by atoms with van der Waals surface area (Å²) >= 11 is 7.20. The summed E-state index contributed by atoms with van der Waals surface area (Å²) in [6.45, 7) is 8.28. The fraction of sp³-hybridized carbons (Fsp3) is 0.333. The molecule has 0 atom stereocenters. The molecule has 2 amide bonds. The Balaban J connectivity index is 1.78. The number of benzene rings is 2. The van der Waals surface area contributed by atoms with Crippen molar-refractivity contribution < 1.29 is 9.59 Å². The van der Waals surface area contributed by atoms with Crippen LogP contribution in [0.2, 0.25) is 5.02 Å². The first-order chi connectivity index (χ1) is 13.4. The van der Waals surface area contributed by atoms with Crippen LogP contribution in [0.4, 0.5) is 0 Å². The molecule has 5 nitrogen and oxygen atoms in total. The molecule has 0 heterocycles. The number of carbonyl (C=O) groups is 2. The summed E-state index contributed by atoms with van der Waals surface area (Å²) in [5.74, 6) is -0.420. The van der Waals surface area contributed by atoms with Crippen LogP contribution in [0.3, 0.4) is 0 Å². The van der Waals surface area contributed by atoms with Crippen molar-refractivity contribution in [2.24, 2.45) is 0 Å². The Bertz CT molecular complexity index is 779. The Morgan fingerprint density at radius 1 is 1.04 bits per heavy atom. The van der Waals surface area contributed by atoms with Crippen molar-refractivity contribution in [2.45, 2.75) is 38.3 Å². The number of hydrogen-bond donors (Lipinski definition) is 2. The smallest absolute Gasteiger partial charge is 0.269 e. The highest BCUT2D eigenvalue weighted by atomic mass is 35.5. The van der Waals surface area contributed by atoms with Crippen LogP contribution in [0.1, 0.15) is 36.7 Å². The maximum absolute atomic E-state index is 12.2. The molecule has 150 valence electrons. The van der Waals surface area contributed by atoms with E-state index in [4.69, 9.17) is 11.6 Å². The standard InChI is InChI=1S/C21H26ClN3O2S/c1-4-25(15(2)3)13-16-5-7-17(8-6-16)21(27)24-23-20(26)14-28-19-11-9-18(22)10-12-19/h5-12,15H,4,13-14H2,1-3H3,(H,23,26)(H,24,27). The van der Waals surface area contributed by atoms with E-state index in [1.165, 1.54) is 11.8 Å². The Morgan fingerprint density at radius 2 is 1.68 bits per heavy atom. The summed E-state index contributed by atoms with van der Waals surface area (Å²) in [7, 11) is 0. The van der Waals surface area contributed by atoms with Gasteiger partial charge in [0.05, 0.1) is 5.75 Å². The lowest BCUT2D eigenvalue weighted by atomic mass is 10.1. The van der Waals surface area contributed by atoms with Gasteiger partial charge < -0.3 is 0 Å². The average Bonchev–Trinajstić information content (AvgIpc) is 2.70. The number of halogens is 1. The van der Waals surface area contributed by atoms with Crippen molar-refractivity contribution in [2.75, 3.05) is 12.3 Å². The molecule has 0 radical (unpaired) electrons. The predicted octanol–water partition coefficient (Wildman–Crippen LogP) is 4.12. The summed E-state index contributed by atoms with van der Waals surface area (Å²) in [5.41, 5.74) is 6.54. The molecular weight excluding hydrogens is 394 g/mol. The van der Waals surface area contributed by atoms with Gasteiger partial charge >= 0.3 is 0 Å². The van der Waals surface area contributed by atoms with Crippen LogP contribution in [0.5, 0.6) is 0 Å². The van der Waals surface area contributed by atoms with Crippen molar-refractivity contribution >= 4 is 35.2 Å². The molecular formula is C21H26ClN3O2S. The molecule has 0 aliphatic heterocycles. The lowest BCUT2D eigenvalue weighted by Gasteiger charge is -2.24. The molecule has 0 bridgehead atoms. The van der Waals surface area contributed by atoms with Gasteiger partial charge in [-0.15, -0.1) is 11.8 Å². The third-order valence-electron chi connectivity index (χ3n) is 4.24. The summed E-state index contributed by atoms with van der Waals surface area (Å²) in [6, 6.07) is 15.1. The van der Waals surface area contributed by atoms with E-state index in [0.29, 0.717) is 16.6 Å². The second kappa shape index (κ2) is 11.1. The topological polar surface area (TPSA) is 61.4 Å². The molecule has 2 aromatic rings. The summed E-state index contributed by atoms with van der Waals surface area (Å²) < 4.78 is 0. The third-order valence-corrected chi connectivity index (χ3v) is 5.50. The number of thioether (sulfide) groups is 1. The van der Waals surface area contributed by atoms with Crippen LogP contribution in [0.15, 0.2) is 53.4 Å². The van der Waals surface area contributed by atoms with Gasteiger partial charge in [-0.2, -0.15) is 0 Å². The van der Waals surface area contributed by atoms with E-state index >= 15 is 0 Å². The van der Waals surface area contributed by atoms with Gasteiger partial charge in [-0.05, 0) is 62.4 Å². The van der Waals surface area contributed by atoms with Gasteiger partial charge in [0.25, 0.3) is 5.91 Å². The first kappa shape index (κ1) is 22.3. The predicted molar refractivity (Wildman–Crippen MR) is 115 cm³/mol. The second-order valence-electron chi connectivity index (χ2n) is 6.60. The van der Waals surface area contributed by atoms with Crippen LogP contribution < -0.4 is 10.9 Å². The molecule has 0 saturated carbocycles. The minimum absolute atomic E-state index is 0.197. The van der Waals surface area contributed by atoms with E-state index in [1.54, 1.807) is 24.3 Å². The molecule has 7 heteroatoms. The van der Waals surface area contributed by atoms with E-state index in [0.717, 1.165) is 23.5 Å². The van der Waals surface area contributed by atoms with Crippen LogP contribution in [0.25, 0.3) is 0 Å². The molecule has 0 unspecified atom stereocenters. The number of nitrogens with one attached hydrogen (secondary N) is 2. The van der Waals surface area contributed by atoms with E-state index in [-0.39, 0.29) is 17.6 Å². The number of nitrogens with zero attached hydrogens (tertiary/aromatic N) is 1. The summed E-state index contributed by atoms with van der Waals surface area (Å²) in [6.07, 6.45) is 0. The maximum atomic E-state index is 12.2. The van der Waals surface area contributed by atoms with Crippen molar-refractivity contribution in [3.8, 4) is 0 Å². The molecule has 0 aliphatic carbocycles. The van der Waals surface area contributed by atoms with Gasteiger partial charge in [0.15, 0.2) is 0 Å². The monoisotopic (exact) mass is 419 g/mol. The van der Waals surface area contributed by atoms with Crippen molar-refractivity contribution in [1.29, 1.82) is 0 Å². The van der Waals surface area contributed by atoms with E-state index in [1.807, 2.05) is 24.3 Å². The fourth-order valence-electron chi connectivity index (χ4n) is 2.57. The highest BCUT2D eigenvalue weighted by Crippen LogP contribution is 2.19. The molecule has 0 fully saturated rings. The molecule has 2 rings (SSSR count). The van der Waals surface area contributed by atoms with Crippen molar-refractivity contribution in [1.82, 2.24) is 15.8 Å². The summed E-state index contributed by atoms with van der Waals surface area (Å²) in [5, 5.41) is 0.652. The third kappa shape index (κ3) is 7.19. The minimum atomic E-state index is -0.340. The molecule has 2 N–H and O–H groups in total. The second-order valence-corrected chi connectivity index (χ2v) is 8.08. The Labute approximate surface area is 175 Å². The summed E-state index contributed by atoms with van der Waals surface area (Å²) in [4.78, 5) is 27.4. The highest BCUT2D eigenvalue weighted by Gasteiger charge is 2.10. The molecule has 0 saturated heterocycles. The van der Waals surface area contributed by atoms with Crippen LogP contribution in [0, 0.1) is 0 Å². The largest absolute Gasteiger partial charge is 0.297 e.